The van der Waals surface area contributed by atoms with E-state index in [0.717, 1.165) is 0 Å². The molecule has 0 radical (unpaired) electrons. The van der Waals surface area contributed by atoms with E-state index < -0.39 is 41.6 Å². The molecular weight excluding hydrogens is 329 g/mol. The molecule has 8 heteroatoms. The summed E-state index contributed by atoms with van der Waals surface area (Å²) in [5.74, 6) is -3.44. The molecule has 0 spiro atoms. The van der Waals surface area contributed by atoms with E-state index in [-0.39, 0.29) is 12.8 Å². The Morgan fingerprint density at radius 3 is 2.32 bits per heavy atom. The zero-order valence-corrected chi connectivity index (χ0v) is 14.0. The molecule has 0 unspecified atom stereocenters. The van der Waals surface area contributed by atoms with Crippen molar-refractivity contribution in [3.8, 4) is 6.07 Å². The summed E-state index contributed by atoms with van der Waals surface area (Å²) in [4.78, 5) is 35.1. The van der Waals surface area contributed by atoms with E-state index >= 15 is 0 Å². The van der Waals surface area contributed by atoms with E-state index in [1.165, 1.54) is 38.1 Å². The summed E-state index contributed by atoms with van der Waals surface area (Å²) in [5, 5.41) is 22.8. The lowest BCUT2D eigenvalue weighted by Crippen LogP contribution is -2.53. The first-order chi connectivity index (χ1) is 11.7. The van der Waals surface area contributed by atoms with E-state index in [9.17, 15) is 23.9 Å². The lowest BCUT2D eigenvalue weighted by atomic mass is 9.98. The van der Waals surface area contributed by atoms with Crippen molar-refractivity contribution < 1.29 is 23.9 Å². The highest BCUT2D eigenvalue weighted by Gasteiger charge is 2.30. The number of halogens is 1. The number of amides is 2. The Morgan fingerprint density at radius 2 is 1.84 bits per heavy atom. The van der Waals surface area contributed by atoms with Crippen LogP contribution in [0.4, 0.5) is 4.39 Å². The highest BCUT2D eigenvalue weighted by Crippen LogP contribution is 2.10. The third-order valence-electron chi connectivity index (χ3n) is 3.59. The molecule has 134 valence electrons. The van der Waals surface area contributed by atoms with E-state index in [2.05, 4.69) is 10.6 Å². The van der Waals surface area contributed by atoms with Crippen LogP contribution in [0.15, 0.2) is 24.3 Å². The molecule has 0 aromatic heterocycles. The van der Waals surface area contributed by atoms with Gasteiger partial charge >= 0.3 is 5.97 Å². The summed E-state index contributed by atoms with van der Waals surface area (Å²) in [7, 11) is 0. The number of carboxylic acids is 1. The van der Waals surface area contributed by atoms with Crippen LogP contribution in [0, 0.1) is 23.1 Å². The lowest BCUT2D eigenvalue weighted by molar-refractivity contribution is -0.143. The smallest absolute Gasteiger partial charge is 0.326 e. The molecule has 2 amide bonds. The van der Waals surface area contributed by atoms with Gasteiger partial charge in [-0.05, 0) is 17.7 Å². The Morgan fingerprint density at radius 1 is 1.24 bits per heavy atom. The molecule has 1 rings (SSSR count). The summed E-state index contributed by atoms with van der Waals surface area (Å²) >= 11 is 0. The molecule has 0 aliphatic rings. The minimum atomic E-state index is -1.26. The van der Waals surface area contributed by atoms with Crippen molar-refractivity contribution in [2.45, 2.75) is 38.8 Å². The molecule has 3 atom stereocenters. The monoisotopic (exact) mass is 349 g/mol. The van der Waals surface area contributed by atoms with Crippen molar-refractivity contribution in [3.05, 3.63) is 35.6 Å². The van der Waals surface area contributed by atoms with Gasteiger partial charge in [0.1, 0.15) is 17.9 Å². The fraction of sp³-hybridized carbons (Fsp3) is 0.412. The molecule has 0 aliphatic carbocycles. The predicted octanol–water partition coefficient (Wildman–Crippen LogP) is 0.992. The first kappa shape index (κ1) is 20.1. The van der Waals surface area contributed by atoms with Gasteiger partial charge in [0.15, 0.2) is 0 Å². The van der Waals surface area contributed by atoms with E-state index in [4.69, 9.17) is 5.26 Å². The SMILES string of the molecule is CC(=O)N[C@H](Cc1ccc(F)cc1)C(=O)N[C@H](C(=O)O)[C@H](C)CC#N. The molecule has 7 nitrogen and oxygen atoms in total. The van der Waals surface area contributed by atoms with Crippen molar-refractivity contribution in [3.63, 3.8) is 0 Å². The van der Waals surface area contributed by atoms with Gasteiger partial charge in [0.2, 0.25) is 11.8 Å². The Kier molecular flexibility index (Phi) is 7.53. The van der Waals surface area contributed by atoms with Gasteiger partial charge in [-0.25, -0.2) is 9.18 Å². The number of nitrogens with zero attached hydrogens (tertiary/aromatic N) is 1. The van der Waals surface area contributed by atoms with Gasteiger partial charge in [-0.15, -0.1) is 0 Å². The molecule has 25 heavy (non-hydrogen) atoms. The second-order valence-electron chi connectivity index (χ2n) is 5.75. The predicted molar refractivity (Wildman–Crippen MR) is 86.7 cm³/mol. The maximum Gasteiger partial charge on any atom is 0.326 e. The molecular formula is C17H20FN3O4. The normalized spacial score (nSPS) is 13.8. The maximum absolute atomic E-state index is 13.0. The van der Waals surface area contributed by atoms with Gasteiger partial charge in [-0.3, -0.25) is 9.59 Å². The first-order valence-electron chi connectivity index (χ1n) is 7.66. The van der Waals surface area contributed by atoms with Crippen molar-refractivity contribution in [1.29, 1.82) is 5.26 Å². The van der Waals surface area contributed by atoms with Gasteiger partial charge < -0.3 is 15.7 Å². The van der Waals surface area contributed by atoms with Crippen LogP contribution in [0.5, 0.6) is 0 Å². The van der Waals surface area contributed by atoms with Gasteiger partial charge in [-0.2, -0.15) is 5.26 Å². The third kappa shape index (κ3) is 6.59. The minimum Gasteiger partial charge on any atom is -0.480 e. The Hall–Kier alpha value is -2.95. The van der Waals surface area contributed by atoms with Crippen LogP contribution in [-0.2, 0) is 20.8 Å². The molecule has 0 aliphatic heterocycles. The quantitative estimate of drug-likeness (QED) is 0.647. The second-order valence-corrected chi connectivity index (χ2v) is 5.75. The standard InChI is InChI=1S/C17H20FN3O4/c1-10(7-8-19)15(17(24)25)21-16(23)14(20-11(2)22)9-12-3-5-13(18)6-4-12/h3-6,10,14-15H,7,9H2,1-2H3,(H,20,22)(H,21,23)(H,24,25)/t10-,14-,15+/m1/s1. The number of carbonyl (C=O) groups excluding carboxylic acids is 2. The molecule has 0 fully saturated rings. The number of hydrogen-bond donors (Lipinski definition) is 3. The molecule has 1 aromatic rings. The highest BCUT2D eigenvalue weighted by atomic mass is 19.1. The molecule has 0 saturated carbocycles. The van der Waals surface area contributed by atoms with Crippen LogP contribution in [0.2, 0.25) is 0 Å². The summed E-state index contributed by atoms with van der Waals surface area (Å²) in [6.45, 7) is 2.77. The van der Waals surface area contributed by atoms with Crippen LogP contribution in [0.25, 0.3) is 0 Å². The average molecular weight is 349 g/mol. The second kappa shape index (κ2) is 9.37. The largest absolute Gasteiger partial charge is 0.480 e. The zero-order chi connectivity index (χ0) is 19.0. The van der Waals surface area contributed by atoms with Crippen molar-refractivity contribution in [2.75, 3.05) is 0 Å². The number of rotatable bonds is 8. The topological polar surface area (TPSA) is 119 Å². The van der Waals surface area contributed by atoms with Gasteiger partial charge in [0.25, 0.3) is 0 Å². The number of carboxylic acid groups (broad SMARTS) is 1. The summed E-state index contributed by atoms with van der Waals surface area (Å²) < 4.78 is 13.0. The van der Waals surface area contributed by atoms with Crippen molar-refractivity contribution >= 4 is 17.8 Å². The van der Waals surface area contributed by atoms with Gasteiger partial charge in [0.05, 0.1) is 6.07 Å². The number of nitriles is 1. The minimum absolute atomic E-state index is 0.0417. The van der Waals surface area contributed by atoms with Crippen LogP contribution in [-0.4, -0.2) is 35.0 Å². The van der Waals surface area contributed by atoms with Gasteiger partial charge in [-0.1, -0.05) is 19.1 Å². The first-order valence-corrected chi connectivity index (χ1v) is 7.66. The number of aliphatic carboxylic acids is 1. The van der Waals surface area contributed by atoms with Crippen LogP contribution in [0.1, 0.15) is 25.8 Å². The van der Waals surface area contributed by atoms with Crippen LogP contribution in [0.3, 0.4) is 0 Å². The van der Waals surface area contributed by atoms with E-state index in [0.29, 0.717) is 5.56 Å². The van der Waals surface area contributed by atoms with Crippen molar-refractivity contribution in [2.24, 2.45) is 5.92 Å². The molecule has 1 aromatic carbocycles. The maximum atomic E-state index is 13.0. The molecule has 0 saturated heterocycles. The Labute approximate surface area is 144 Å². The Balaban J connectivity index is 2.91. The molecule has 0 heterocycles. The van der Waals surface area contributed by atoms with E-state index in [1.54, 1.807) is 0 Å². The number of hydrogen-bond acceptors (Lipinski definition) is 4. The van der Waals surface area contributed by atoms with Crippen LogP contribution < -0.4 is 10.6 Å². The molecule has 0 bridgehead atoms. The average Bonchev–Trinajstić information content (AvgIpc) is 2.53. The third-order valence-corrected chi connectivity index (χ3v) is 3.59. The molecule has 3 N–H and O–H groups in total. The lowest BCUT2D eigenvalue weighted by Gasteiger charge is -2.23. The Bertz CT molecular complexity index is 669. The fourth-order valence-electron chi connectivity index (χ4n) is 2.27. The van der Waals surface area contributed by atoms with Gasteiger partial charge in [0, 0.05) is 25.7 Å². The summed E-state index contributed by atoms with van der Waals surface area (Å²) in [6, 6.07) is 5.01. The van der Waals surface area contributed by atoms with Crippen molar-refractivity contribution in [1.82, 2.24) is 10.6 Å². The summed E-state index contributed by atoms with van der Waals surface area (Å²) in [5.41, 5.74) is 0.604. The van der Waals surface area contributed by atoms with Crippen LogP contribution >= 0.6 is 0 Å². The number of nitrogens with one attached hydrogen (secondary N) is 2. The number of benzene rings is 1. The summed E-state index contributed by atoms with van der Waals surface area (Å²) in [6.07, 6.45) is 0.0324. The fourth-order valence-corrected chi connectivity index (χ4v) is 2.27. The highest BCUT2D eigenvalue weighted by molar-refractivity contribution is 5.90. The zero-order valence-electron chi connectivity index (χ0n) is 14.0. The van der Waals surface area contributed by atoms with E-state index in [1.807, 2.05) is 6.07 Å². The number of carbonyl (C=O) groups is 3.